The average Bonchev–Trinajstić information content (AvgIpc) is 2.78. The number of hydrogen-bond acceptors (Lipinski definition) is 4. The SMILES string of the molecule is NNC(=O)C[n+]1nc(-c2ccccc2)n[nH]1. The maximum Gasteiger partial charge on any atom is 0.338 e. The van der Waals surface area contributed by atoms with Crippen LogP contribution in [0.2, 0.25) is 0 Å². The van der Waals surface area contributed by atoms with Gasteiger partial charge in [0.2, 0.25) is 6.54 Å². The summed E-state index contributed by atoms with van der Waals surface area (Å²) in [6, 6.07) is 9.46. The van der Waals surface area contributed by atoms with Gasteiger partial charge < -0.3 is 0 Å². The Morgan fingerprint density at radius 1 is 1.44 bits per heavy atom. The lowest BCUT2D eigenvalue weighted by atomic mass is 10.2. The summed E-state index contributed by atoms with van der Waals surface area (Å²) < 4.78 is 0. The van der Waals surface area contributed by atoms with Crippen LogP contribution >= 0.6 is 0 Å². The van der Waals surface area contributed by atoms with E-state index in [9.17, 15) is 4.79 Å². The van der Waals surface area contributed by atoms with Crippen molar-refractivity contribution in [2.75, 3.05) is 0 Å². The number of aromatic nitrogens is 4. The Labute approximate surface area is 91.2 Å². The number of H-pyrrole nitrogens is 1. The van der Waals surface area contributed by atoms with Crippen LogP contribution < -0.4 is 16.1 Å². The summed E-state index contributed by atoms with van der Waals surface area (Å²) in [5.41, 5.74) is 2.90. The van der Waals surface area contributed by atoms with Gasteiger partial charge in [-0.25, -0.2) is 5.84 Å². The molecule has 16 heavy (non-hydrogen) atoms. The predicted molar refractivity (Wildman–Crippen MR) is 54.3 cm³/mol. The first-order valence-electron chi connectivity index (χ1n) is 4.67. The molecule has 7 nitrogen and oxygen atoms in total. The summed E-state index contributed by atoms with van der Waals surface area (Å²) >= 11 is 0. The van der Waals surface area contributed by atoms with Crippen LogP contribution in [0.5, 0.6) is 0 Å². The molecule has 0 unspecified atom stereocenters. The monoisotopic (exact) mass is 219 g/mol. The first-order valence-corrected chi connectivity index (χ1v) is 4.67. The van der Waals surface area contributed by atoms with Gasteiger partial charge in [0.25, 0.3) is 5.91 Å². The molecule has 0 saturated carbocycles. The van der Waals surface area contributed by atoms with E-state index in [4.69, 9.17) is 5.84 Å². The van der Waals surface area contributed by atoms with Gasteiger partial charge in [-0.1, -0.05) is 23.0 Å². The summed E-state index contributed by atoms with van der Waals surface area (Å²) in [5, 5.41) is 10.7. The highest BCUT2D eigenvalue weighted by molar-refractivity contribution is 5.73. The average molecular weight is 219 g/mol. The van der Waals surface area contributed by atoms with Gasteiger partial charge in [0.1, 0.15) is 0 Å². The molecule has 0 atom stereocenters. The standard InChI is InChI=1S/C9H10N6O/c10-11-8(16)6-15-13-9(12-14-15)7-4-2-1-3-5-7/h1-5H,6H2,(H3,10,11,12,13,14,16)/p+1. The van der Waals surface area contributed by atoms with Crippen molar-refractivity contribution in [3.8, 4) is 11.4 Å². The van der Waals surface area contributed by atoms with Crippen LogP contribution in [0.3, 0.4) is 0 Å². The molecule has 0 radical (unpaired) electrons. The summed E-state index contributed by atoms with van der Waals surface area (Å²) in [5.74, 6) is 5.15. The van der Waals surface area contributed by atoms with Crippen molar-refractivity contribution in [1.29, 1.82) is 0 Å². The number of rotatable bonds is 3. The summed E-state index contributed by atoms with van der Waals surface area (Å²) in [6.07, 6.45) is 0. The Morgan fingerprint density at radius 3 is 2.88 bits per heavy atom. The molecule has 7 heteroatoms. The zero-order chi connectivity index (χ0) is 11.4. The van der Waals surface area contributed by atoms with Gasteiger partial charge >= 0.3 is 5.82 Å². The van der Waals surface area contributed by atoms with Gasteiger partial charge in [-0.05, 0) is 22.4 Å². The fraction of sp³-hybridized carbons (Fsp3) is 0.111. The van der Waals surface area contributed by atoms with Crippen LogP contribution in [0.25, 0.3) is 11.4 Å². The van der Waals surface area contributed by atoms with E-state index in [0.717, 1.165) is 5.56 Å². The topological polar surface area (TPSA) is 101 Å². The van der Waals surface area contributed by atoms with Crippen molar-refractivity contribution in [2.45, 2.75) is 6.54 Å². The third-order valence-electron chi connectivity index (χ3n) is 1.97. The Kier molecular flexibility index (Phi) is 2.88. The molecule has 0 saturated heterocycles. The number of nitrogens with one attached hydrogen (secondary N) is 2. The van der Waals surface area contributed by atoms with Crippen LogP contribution in [-0.4, -0.2) is 21.3 Å². The van der Waals surface area contributed by atoms with Gasteiger partial charge in [0, 0.05) is 0 Å². The quantitative estimate of drug-likeness (QED) is 0.260. The second-order valence-electron chi connectivity index (χ2n) is 3.13. The van der Waals surface area contributed by atoms with E-state index < -0.39 is 0 Å². The van der Waals surface area contributed by atoms with Crippen LogP contribution in [0.1, 0.15) is 0 Å². The van der Waals surface area contributed by atoms with Gasteiger partial charge in [-0.3, -0.25) is 10.2 Å². The van der Waals surface area contributed by atoms with Crippen molar-refractivity contribution < 1.29 is 9.59 Å². The molecule has 0 aliphatic heterocycles. The Morgan fingerprint density at radius 2 is 2.19 bits per heavy atom. The number of tetrazole rings is 1. The molecule has 0 bridgehead atoms. The van der Waals surface area contributed by atoms with Crippen molar-refractivity contribution in [1.82, 2.24) is 20.8 Å². The maximum absolute atomic E-state index is 11.0. The second kappa shape index (κ2) is 4.49. The highest BCUT2D eigenvalue weighted by Gasteiger charge is 2.15. The molecule has 1 heterocycles. The van der Waals surface area contributed by atoms with Gasteiger partial charge in [0.05, 0.1) is 10.7 Å². The Hall–Kier alpha value is -2.28. The molecule has 0 aliphatic carbocycles. The van der Waals surface area contributed by atoms with Crippen molar-refractivity contribution in [3.63, 3.8) is 0 Å². The van der Waals surface area contributed by atoms with Crippen molar-refractivity contribution in [3.05, 3.63) is 30.3 Å². The molecule has 82 valence electrons. The highest BCUT2D eigenvalue weighted by Crippen LogP contribution is 2.10. The van der Waals surface area contributed by atoms with E-state index in [1.165, 1.54) is 4.80 Å². The van der Waals surface area contributed by atoms with Crippen LogP contribution in [-0.2, 0) is 11.3 Å². The van der Waals surface area contributed by atoms with E-state index in [1.54, 1.807) is 0 Å². The number of benzene rings is 1. The predicted octanol–water partition coefficient (Wildman–Crippen LogP) is -1.25. The molecule has 2 aromatic rings. The number of hydrogen-bond donors (Lipinski definition) is 3. The van der Waals surface area contributed by atoms with Gasteiger partial charge in [0.15, 0.2) is 0 Å². The number of carbonyl (C=O) groups excluding carboxylic acids is 1. The van der Waals surface area contributed by atoms with Crippen molar-refractivity contribution >= 4 is 5.91 Å². The summed E-state index contributed by atoms with van der Waals surface area (Å²) in [4.78, 5) is 12.3. The molecular weight excluding hydrogens is 208 g/mol. The number of nitrogens with two attached hydrogens (primary N) is 1. The lowest BCUT2D eigenvalue weighted by Gasteiger charge is -1.91. The normalized spacial score (nSPS) is 10.1. The first-order chi connectivity index (χ1) is 7.79. The minimum Gasteiger partial charge on any atom is -0.291 e. The first kappa shape index (κ1) is 10.2. The zero-order valence-corrected chi connectivity index (χ0v) is 8.42. The minimum atomic E-state index is -0.347. The van der Waals surface area contributed by atoms with Crippen molar-refractivity contribution in [2.24, 2.45) is 5.84 Å². The van der Waals surface area contributed by atoms with Crippen LogP contribution in [0.4, 0.5) is 0 Å². The van der Waals surface area contributed by atoms with Gasteiger partial charge in [-0.2, -0.15) is 0 Å². The Bertz CT molecular complexity index is 480. The zero-order valence-electron chi connectivity index (χ0n) is 8.42. The van der Waals surface area contributed by atoms with Gasteiger partial charge in [-0.15, -0.1) is 0 Å². The van der Waals surface area contributed by atoms with Crippen LogP contribution in [0, 0.1) is 0 Å². The smallest absolute Gasteiger partial charge is 0.291 e. The molecule has 2 rings (SSSR count). The number of nitrogens with zero attached hydrogens (tertiary/aromatic N) is 3. The Balaban J connectivity index is 2.17. The highest BCUT2D eigenvalue weighted by atomic mass is 16.2. The number of carbonyl (C=O) groups is 1. The molecule has 0 spiro atoms. The van der Waals surface area contributed by atoms with E-state index in [1.807, 2.05) is 35.8 Å². The molecule has 1 amide bonds. The molecular formula is C9H11N6O+. The van der Waals surface area contributed by atoms with E-state index >= 15 is 0 Å². The third kappa shape index (κ3) is 2.20. The molecule has 0 aliphatic rings. The molecule has 4 N–H and O–H groups in total. The van der Waals surface area contributed by atoms with E-state index in [2.05, 4.69) is 15.4 Å². The lowest BCUT2D eigenvalue weighted by Crippen LogP contribution is -2.48. The number of hydrazine groups is 1. The fourth-order valence-electron chi connectivity index (χ4n) is 1.23. The maximum atomic E-state index is 11.0. The number of amides is 1. The molecule has 1 aromatic heterocycles. The lowest BCUT2D eigenvalue weighted by molar-refractivity contribution is -0.794. The largest absolute Gasteiger partial charge is 0.338 e. The third-order valence-corrected chi connectivity index (χ3v) is 1.97. The summed E-state index contributed by atoms with van der Waals surface area (Å²) in [7, 11) is 0. The number of aromatic amines is 1. The minimum absolute atomic E-state index is 0.0103. The molecule has 1 aromatic carbocycles. The second-order valence-corrected chi connectivity index (χ2v) is 3.13. The van der Waals surface area contributed by atoms with E-state index in [0.29, 0.717) is 5.82 Å². The van der Waals surface area contributed by atoms with Crippen LogP contribution in [0.15, 0.2) is 30.3 Å². The fourth-order valence-corrected chi connectivity index (χ4v) is 1.23. The van der Waals surface area contributed by atoms with E-state index in [-0.39, 0.29) is 12.5 Å². The summed E-state index contributed by atoms with van der Waals surface area (Å²) in [6.45, 7) is 0.0103. The molecule has 0 fully saturated rings.